The molecule has 0 amide bonds. The van der Waals surface area contributed by atoms with Crippen LogP contribution in [0.3, 0.4) is 0 Å². The number of hydrogen-bond donors (Lipinski definition) is 0. The fourth-order valence-electron chi connectivity index (χ4n) is 1.78. The Bertz CT molecular complexity index is 691. The van der Waals surface area contributed by atoms with Crippen molar-refractivity contribution in [3.8, 4) is 17.3 Å². The largest absolute Gasteiger partial charge is 0.363 e. The Labute approximate surface area is 116 Å². The van der Waals surface area contributed by atoms with Crippen LogP contribution in [-0.4, -0.2) is 38.8 Å². The Morgan fingerprint density at radius 1 is 1.05 bits per heavy atom. The van der Waals surface area contributed by atoms with Crippen molar-refractivity contribution in [2.75, 3.05) is 19.0 Å². The summed E-state index contributed by atoms with van der Waals surface area (Å²) in [6, 6.07) is 9.42. The van der Waals surface area contributed by atoms with Gasteiger partial charge in [-0.3, -0.25) is 4.98 Å². The summed E-state index contributed by atoms with van der Waals surface area (Å²) >= 11 is 0. The van der Waals surface area contributed by atoms with Gasteiger partial charge in [-0.15, -0.1) is 0 Å². The van der Waals surface area contributed by atoms with Crippen molar-refractivity contribution in [3.63, 3.8) is 0 Å². The molecule has 0 aromatic carbocycles. The van der Waals surface area contributed by atoms with E-state index >= 15 is 0 Å². The highest BCUT2D eigenvalue weighted by molar-refractivity contribution is 5.55. The second-order valence-electron chi connectivity index (χ2n) is 4.47. The van der Waals surface area contributed by atoms with Crippen molar-refractivity contribution < 1.29 is 0 Å². The van der Waals surface area contributed by atoms with Crippen LogP contribution in [0.25, 0.3) is 17.3 Å². The fraction of sp³-hybridized carbons (Fsp3) is 0.143. The summed E-state index contributed by atoms with van der Waals surface area (Å²) in [5.41, 5.74) is 0.740. The maximum atomic E-state index is 4.53. The summed E-state index contributed by atoms with van der Waals surface area (Å²) < 4.78 is 1.71. The van der Waals surface area contributed by atoms with E-state index < -0.39 is 0 Å². The molecule has 0 atom stereocenters. The second kappa shape index (κ2) is 5.08. The molecule has 100 valence electrons. The summed E-state index contributed by atoms with van der Waals surface area (Å²) in [5.74, 6) is 2.11. The predicted octanol–water partition coefficient (Wildman–Crippen LogP) is 1.79. The molecule has 0 aliphatic heterocycles. The highest BCUT2D eigenvalue weighted by Gasteiger charge is 2.10. The van der Waals surface area contributed by atoms with E-state index in [-0.39, 0.29) is 0 Å². The average Bonchev–Trinajstić information content (AvgIpc) is 3.02. The minimum Gasteiger partial charge on any atom is -0.363 e. The number of anilines is 1. The molecule has 6 heteroatoms. The van der Waals surface area contributed by atoms with Crippen molar-refractivity contribution in [2.45, 2.75) is 0 Å². The zero-order chi connectivity index (χ0) is 13.9. The lowest BCUT2D eigenvalue weighted by Gasteiger charge is -2.13. The molecular formula is C14H14N6. The topological polar surface area (TPSA) is 59.7 Å². The standard InChI is InChI=1S/C14H14N6/c1-19(2)12-10-13(20-9-5-8-16-20)18-14(17-12)11-6-3-4-7-15-11/h3-10H,1-2H3. The van der Waals surface area contributed by atoms with E-state index in [1.807, 2.05) is 55.5 Å². The molecule has 3 rings (SSSR count). The van der Waals surface area contributed by atoms with Gasteiger partial charge in [-0.05, 0) is 18.2 Å². The quantitative estimate of drug-likeness (QED) is 0.723. The molecule has 3 aromatic heterocycles. The Balaban J connectivity index is 2.15. The first-order valence-electron chi connectivity index (χ1n) is 6.22. The van der Waals surface area contributed by atoms with E-state index in [4.69, 9.17) is 0 Å². The van der Waals surface area contributed by atoms with Gasteiger partial charge in [-0.25, -0.2) is 14.6 Å². The minimum atomic E-state index is 0.585. The van der Waals surface area contributed by atoms with Crippen molar-refractivity contribution in [2.24, 2.45) is 0 Å². The number of pyridine rings is 1. The van der Waals surface area contributed by atoms with Gasteiger partial charge < -0.3 is 4.90 Å². The van der Waals surface area contributed by atoms with Gasteiger partial charge in [0.25, 0.3) is 0 Å². The molecule has 0 bridgehead atoms. The van der Waals surface area contributed by atoms with E-state index in [9.17, 15) is 0 Å². The van der Waals surface area contributed by atoms with Crippen LogP contribution in [0, 0.1) is 0 Å². The summed E-state index contributed by atoms with van der Waals surface area (Å²) in [6.45, 7) is 0. The summed E-state index contributed by atoms with van der Waals surface area (Å²) in [4.78, 5) is 15.3. The SMILES string of the molecule is CN(C)c1cc(-n2cccn2)nc(-c2ccccn2)n1. The van der Waals surface area contributed by atoms with Crippen LogP contribution in [0.1, 0.15) is 0 Å². The molecule has 0 unspecified atom stereocenters. The van der Waals surface area contributed by atoms with Crippen molar-refractivity contribution in [1.29, 1.82) is 0 Å². The fourth-order valence-corrected chi connectivity index (χ4v) is 1.78. The molecule has 0 N–H and O–H groups in total. The van der Waals surface area contributed by atoms with Crippen LogP contribution in [0.15, 0.2) is 48.9 Å². The van der Waals surface area contributed by atoms with Crippen LogP contribution < -0.4 is 4.90 Å². The van der Waals surface area contributed by atoms with Gasteiger partial charge >= 0.3 is 0 Å². The van der Waals surface area contributed by atoms with E-state index in [1.54, 1.807) is 17.1 Å². The maximum Gasteiger partial charge on any atom is 0.182 e. The smallest absolute Gasteiger partial charge is 0.182 e. The monoisotopic (exact) mass is 266 g/mol. The van der Waals surface area contributed by atoms with Crippen LogP contribution in [0.4, 0.5) is 5.82 Å². The van der Waals surface area contributed by atoms with Gasteiger partial charge in [0.2, 0.25) is 0 Å². The zero-order valence-electron chi connectivity index (χ0n) is 11.3. The van der Waals surface area contributed by atoms with Gasteiger partial charge in [0, 0.05) is 38.8 Å². The van der Waals surface area contributed by atoms with Gasteiger partial charge in [-0.2, -0.15) is 5.10 Å². The first kappa shape index (κ1) is 12.3. The third-order valence-electron chi connectivity index (χ3n) is 2.79. The van der Waals surface area contributed by atoms with E-state index in [1.165, 1.54) is 0 Å². The lowest BCUT2D eigenvalue weighted by Crippen LogP contribution is -2.13. The first-order chi connectivity index (χ1) is 9.74. The molecule has 6 nitrogen and oxygen atoms in total. The molecule has 3 heterocycles. The second-order valence-corrected chi connectivity index (χ2v) is 4.47. The Kier molecular flexibility index (Phi) is 3.12. The Morgan fingerprint density at radius 3 is 2.60 bits per heavy atom. The predicted molar refractivity (Wildman–Crippen MR) is 76.7 cm³/mol. The van der Waals surface area contributed by atoms with Gasteiger partial charge in [0.05, 0.1) is 0 Å². The lowest BCUT2D eigenvalue weighted by atomic mass is 10.3. The molecule has 3 aromatic rings. The Hall–Kier alpha value is -2.76. The molecule has 0 saturated carbocycles. The van der Waals surface area contributed by atoms with E-state index in [2.05, 4.69) is 20.1 Å². The van der Waals surface area contributed by atoms with Crippen LogP contribution in [-0.2, 0) is 0 Å². The third kappa shape index (κ3) is 2.35. The molecular weight excluding hydrogens is 252 g/mol. The van der Waals surface area contributed by atoms with Crippen LogP contribution >= 0.6 is 0 Å². The van der Waals surface area contributed by atoms with Gasteiger partial charge in [0.1, 0.15) is 11.5 Å². The molecule has 0 radical (unpaired) electrons. The molecule has 0 spiro atoms. The maximum absolute atomic E-state index is 4.53. The van der Waals surface area contributed by atoms with E-state index in [0.717, 1.165) is 11.5 Å². The number of nitrogens with zero attached hydrogens (tertiary/aromatic N) is 6. The molecule has 0 fully saturated rings. The Morgan fingerprint density at radius 2 is 1.95 bits per heavy atom. The molecule has 20 heavy (non-hydrogen) atoms. The van der Waals surface area contributed by atoms with Crippen LogP contribution in [0.2, 0.25) is 0 Å². The average molecular weight is 266 g/mol. The summed E-state index contributed by atoms with van der Waals surface area (Å²) in [5, 5.41) is 4.21. The summed E-state index contributed by atoms with van der Waals surface area (Å²) in [7, 11) is 3.88. The lowest BCUT2D eigenvalue weighted by molar-refractivity contribution is 0.837. The molecule has 0 aliphatic rings. The number of aromatic nitrogens is 5. The minimum absolute atomic E-state index is 0.585. The van der Waals surface area contributed by atoms with Gasteiger partial charge in [0.15, 0.2) is 11.6 Å². The summed E-state index contributed by atoms with van der Waals surface area (Å²) in [6.07, 6.45) is 5.30. The third-order valence-corrected chi connectivity index (χ3v) is 2.79. The van der Waals surface area contributed by atoms with Crippen molar-refractivity contribution in [3.05, 3.63) is 48.9 Å². The highest BCUT2D eigenvalue weighted by Crippen LogP contribution is 2.18. The molecule has 0 aliphatic carbocycles. The van der Waals surface area contributed by atoms with Crippen molar-refractivity contribution >= 4 is 5.82 Å². The van der Waals surface area contributed by atoms with Crippen molar-refractivity contribution in [1.82, 2.24) is 24.7 Å². The van der Waals surface area contributed by atoms with Crippen LogP contribution in [0.5, 0.6) is 0 Å². The zero-order valence-corrected chi connectivity index (χ0v) is 11.3. The first-order valence-corrected chi connectivity index (χ1v) is 6.22. The molecule has 0 saturated heterocycles. The number of hydrogen-bond acceptors (Lipinski definition) is 5. The van der Waals surface area contributed by atoms with Gasteiger partial charge in [-0.1, -0.05) is 6.07 Å². The number of rotatable bonds is 3. The highest BCUT2D eigenvalue weighted by atomic mass is 15.3. The van der Waals surface area contributed by atoms with E-state index in [0.29, 0.717) is 11.6 Å². The normalized spacial score (nSPS) is 10.5.